The molecule has 1 aliphatic rings. The summed E-state index contributed by atoms with van der Waals surface area (Å²) in [5.41, 5.74) is 5.36. The molecule has 1 atom stereocenters. The van der Waals surface area contributed by atoms with E-state index in [1.165, 1.54) is 25.7 Å². The first-order chi connectivity index (χ1) is 7.85. The maximum Gasteiger partial charge on any atom is 0.410 e. The number of nitrogens with two attached hydrogens (primary N) is 1. The molecule has 0 heterocycles. The minimum Gasteiger partial charge on any atom is -0.444 e. The average molecular weight is 242 g/mol. The summed E-state index contributed by atoms with van der Waals surface area (Å²) in [6.45, 7) is 6.16. The van der Waals surface area contributed by atoms with Crippen molar-refractivity contribution in [1.29, 1.82) is 0 Å². The van der Waals surface area contributed by atoms with Crippen LogP contribution in [0, 0.1) is 5.92 Å². The van der Waals surface area contributed by atoms with Crippen LogP contribution in [0.2, 0.25) is 0 Å². The van der Waals surface area contributed by atoms with E-state index in [2.05, 4.69) is 0 Å². The average Bonchev–Trinajstić information content (AvgIpc) is 2.69. The van der Waals surface area contributed by atoms with Crippen molar-refractivity contribution < 1.29 is 9.53 Å². The van der Waals surface area contributed by atoms with Gasteiger partial charge in [0, 0.05) is 19.6 Å². The smallest absolute Gasteiger partial charge is 0.410 e. The zero-order valence-corrected chi connectivity index (χ0v) is 11.5. The number of carbonyl (C=O) groups is 1. The van der Waals surface area contributed by atoms with Gasteiger partial charge in [0.25, 0.3) is 0 Å². The summed E-state index contributed by atoms with van der Waals surface area (Å²) >= 11 is 0. The van der Waals surface area contributed by atoms with E-state index in [9.17, 15) is 4.79 Å². The maximum atomic E-state index is 12.0. The normalized spacial score (nSPS) is 19.1. The van der Waals surface area contributed by atoms with Gasteiger partial charge in [-0.3, -0.25) is 0 Å². The predicted octanol–water partition coefficient (Wildman–Crippen LogP) is 2.37. The Kier molecular flexibility index (Phi) is 4.80. The van der Waals surface area contributed by atoms with E-state index in [0.717, 1.165) is 0 Å². The maximum absolute atomic E-state index is 12.0. The highest BCUT2D eigenvalue weighted by Gasteiger charge is 2.31. The minimum atomic E-state index is -0.444. The second kappa shape index (κ2) is 5.71. The summed E-state index contributed by atoms with van der Waals surface area (Å²) < 4.78 is 5.37. The van der Waals surface area contributed by atoms with Crippen LogP contribution >= 0.6 is 0 Å². The molecule has 0 aromatic heterocycles. The number of likely N-dealkylation sites (N-methyl/N-ethyl adjacent to an activating group) is 1. The molecule has 1 fully saturated rings. The molecule has 0 bridgehead atoms. The van der Waals surface area contributed by atoms with Gasteiger partial charge in [-0.05, 0) is 39.5 Å². The van der Waals surface area contributed by atoms with Crippen LogP contribution in [0.25, 0.3) is 0 Å². The summed E-state index contributed by atoms with van der Waals surface area (Å²) in [7, 11) is 1.80. The van der Waals surface area contributed by atoms with Gasteiger partial charge in [-0.2, -0.15) is 0 Å². The van der Waals surface area contributed by atoms with Gasteiger partial charge in [0.15, 0.2) is 0 Å². The van der Waals surface area contributed by atoms with Gasteiger partial charge in [-0.1, -0.05) is 12.8 Å². The Morgan fingerprint density at radius 3 is 2.35 bits per heavy atom. The molecule has 2 N–H and O–H groups in total. The van der Waals surface area contributed by atoms with Crippen molar-refractivity contribution >= 4 is 6.09 Å². The van der Waals surface area contributed by atoms with E-state index in [1.807, 2.05) is 20.8 Å². The van der Waals surface area contributed by atoms with Gasteiger partial charge < -0.3 is 15.4 Å². The van der Waals surface area contributed by atoms with Crippen LogP contribution in [0.3, 0.4) is 0 Å². The summed E-state index contributed by atoms with van der Waals surface area (Å²) in [5.74, 6) is 0.539. The Labute approximate surface area is 104 Å². The molecule has 1 unspecified atom stereocenters. The van der Waals surface area contributed by atoms with Crippen LogP contribution in [-0.2, 0) is 4.74 Å². The van der Waals surface area contributed by atoms with E-state index in [1.54, 1.807) is 11.9 Å². The lowest BCUT2D eigenvalue weighted by Crippen LogP contribution is -2.47. The lowest BCUT2D eigenvalue weighted by Gasteiger charge is -2.33. The van der Waals surface area contributed by atoms with Crippen LogP contribution in [0.15, 0.2) is 0 Å². The number of rotatable bonds is 3. The highest BCUT2D eigenvalue weighted by molar-refractivity contribution is 5.68. The van der Waals surface area contributed by atoms with E-state index in [4.69, 9.17) is 10.5 Å². The van der Waals surface area contributed by atoms with Crippen molar-refractivity contribution in [2.45, 2.75) is 58.1 Å². The van der Waals surface area contributed by atoms with Crippen molar-refractivity contribution in [3.63, 3.8) is 0 Å². The van der Waals surface area contributed by atoms with Gasteiger partial charge in [-0.15, -0.1) is 0 Å². The van der Waals surface area contributed by atoms with Crippen LogP contribution < -0.4 is 5.73 Å². The third-order valence-electron chi connectivity index (χ3n) is 3.36. The molecule has 1 aliphatic carbocycles. The molecule has 1 amide bonds. The summed E-state index contributed by atoms with van der Waals surface area (Å²) in [6, 6.07) is 0.118. The molecule has 1 saturated carbocycles. The SMILES string of the molecule is CN(C(=O)OC(C)(C)C)C(CN)C1CCCC1. The van der Waals surface area contributed by atoms with E-state index in [-0.39, 0.29) is 12.1 Å². The number of hydrogen-bond acceptors (Lipinski definition) is 3. The molecular formula is C13H26N2O2. The van der Waals surface area contributed by atoms with Crippen molar-refractivity contribution in [2.24, 2.45) is 11.7 Å². The highest BCUT2D eigenvalue weighted by Crippen LogP contribution is 2.30. The van der Waals surface area contributed by atoms with Crippen molar-refractivity contribution in [3.8, 4) is 0 Å². The Bertz CT molecular complexity index is 255. The summed E-state index contributed by atoms with van der Waals surface area (Å²) in [4.78, 5) is 13.6. The molecule has 17 heavy (non-hydrogen) atoms. The van der Waals surface area contributed by atoms with Gasteiger partial charge in [0.1, 0.15) is 5.60 Å². The molecule has 0 radical (unpaired) electrons. The van der Waals surface area contributed by atoms with Crippen molar-refractivity contribution in [3.05, 3.63) is 0 Å². The number of carbonyl (C=O) groups excluding carboxylic acids is 1. The number of nitrogens with zero attached hydrogens (tertiary/aromatic N) is 1. The fourth-order valence-corrected chi connectivity index (χ4v) is 2.48. The van der Waals surface area contributed by atoms with Gasteiger partial charge >= 0.3 is 6.09 Å². The zero-order chi connectivity index (χ0) is 13.1. The molecule has 0 aliphatic heterocycles. The fraction of sp³-hybridized carbons (Fsp3) is 0.923. The standard InChI is InChI=1S/C13H26N2O2/c1-13(2,3)17-12(16)15(4)11(9-14)10-7-5-6-8-10/h10-11H,5-9,14H2,1-4H3. The lowest BCUT2D eigenvalue weighted by molar-refractivity contribution is 0.0175. The minimum absolute atomic E-state index is 0.118. The van der Waals surface area contributed by atoms with Crippen LogP contribution in [0.1, 0.15) is 46.5 Å². The molecule has 4 heteroatoms. The number of ether oxygens (including phenoxy) is 1. The van der Waals surface area contributed by atoms with Gasteiger partial charge in [0.05, 0.1) is 0 Å². The van der Waals surface area contributed by atoms with Crippen LogP contribution in [-0.4, -0.2) is 36.2 Å². The third kappa shape index (κ3) is 4.19. The highest BCUT2D eigenvalue weighted by atomic mass is 16.6. The molecule has 100 valence electrons. The van der Waals surface area contributed by atoms with Crippen molar-refractivity contribution in [2.75, 3.05) is 13.6 Å². The molecule has 0 saturated heterocycles. The summed E-state index contributed by atoms with van der Waals surface area (Å²) in [6.07, 6.45) is 4.59. The van der Waals surface area contributed by atoms with Crippen LogP contribution in [0.5, 0.6) is 0 Å². The molecule has 0 aromatic carbocycles. The lowest BCUT2D eigenvalue weighted by atomic mass is 9.97. The largest absolute Gasteiger partial charge is 0.444 e. The van der Waals surface area contributed by atoms with Crippen LogP contribution in [0.4, 0.5) is 4.79 Å². The first-order valence-corrected chi connectivity index (χ1v) is 6.51. The van der Waals surface area contributed by atoms with Gasteiger partial charge in [-0.25, -0.2) is 4.79 Å². The van der Waals surface area contributed by atoms with Gasteiger partial charge in [0.2, 0.25) is 0 Å². The van der Waals surface area contributed by atoms with Crippen molar-refractivity contribution in [1.82, 2.24) is 4.90 Å². The van der Waals surface area contributed by atoms with E-state index < -0.39 is 5.60 Å². The number of hydrogen-bond donors (Lipinski definition) is 1. The Hall–Kier alpha value is -0.770. The Morgan fingerprint density at radius 1 is 1.41 bits per heavy atom. The summed E-state index contributed by atoms with van der Waals surface area (Å²) in [5, 5.41) is 0. The Balaban J connectivity index is 2.58. The quantitative estimate of drug-likeness (QED) is 0.826. The predicted molar refractivity (Wildman–Crippen MR) is 68.8 cm³/mol. The zero-order valence-electron chi connectivity index (χ0n) is 11.5. The van der Waals surface area contributed by atoms with E-state index >= 15 is 0 Å². The molecule has 0 aromatic rings. The Morgan fingerprint density at radius 2 is 1.94 bits per heavy atom. The second-order valence-corrected chi connectivity index (χ2v) is 5.94. The molecular weight excluding hydrogens is 216 g/mol. The molecule has 1 rings (SSSR count). The number of amides is 1. The first kappa shape index (κ1) is 14.3. The fourth-order valence-electron chi connectivity index (χ4n) is 2.48. The first-order valence-electron chi connectivity index (χ1n) is 6.51. The molecule has 0 spiro atoms. The third-order valence-corrected chi connectivity index (χ3v) is 3.36. The monoisotopic (exact) mass is 242 g/mol. The van der Waals surface area contributed by atoms with E-state index in [0.29, 0.717) is 12.5 Å². The molecule has 4 nitrogen and oxygen atoms in total. The topological polar surface area (TPSA) is 55.6 Å². The second-order valence-electron chi connectivity index (χ2n) is 5.94.